The number of nitrogens with one attached hydrogen (secondary N) is 1. The number of aromatic amines is 1. The largest absolute Gasteiger partial charge is 0.497 e. The van der Waals surface area contributed by atoms with Crippen LogP contribution in [-0.2, 0) is 4.74 Å². The maximum Gasteiger partial charge on any atom is 0.148 e. The number of H-pyrrole nitrogens is 1. The number of methoxy groups -OCH3 is 1. The summed E-state index contributed by atoms with van der Waals surface area (Å²) in [6.07, 6.45) is -0.609. The van der Waals surface area contributed by atoms with Crippen LogP contribution in [0.2, 0.25) is 0 Å². The van der Waals surface area contributed by atoms with Gasteiger partial charge >= 0.3 is 0 Å². The van der Waals surface area contributed by atoms with E-state index < -0.39 is 6.23 Å². The molecule has 19 heavy (non-hydrogen) atoms. The summed E-state index contributed by atoms with van der Waals surface area (Å²) in [7, 11) is 1.65. The van der Waals surface area contributed by atoms with Crippen molar-refractivity contribution in [2.75, 3.05) is 33.4 Å². The molecule has 5 nitrogen and oxygen atoms in total. The molecule has 0 saturated carbocycles. The van der Waals surface area contributed by atoms with Crippen LogP contribution in [0.5, 0.6) is 5.75 Å². The first-order chi connectivity index (χ1) is 9.28. The first-order valence-electron chi connectivity index (χ1n) is 6.44. The Kier molecular flexibility index (Phi) is 3.42. The molecule has 2 N–H and O–H groups in total. The minimum absolute atomic E-state index is 0.609. The fourth-order valence-electron chi connectivity index (χ4n) is 2.41. The van der Waals surface area contributed by atoms with E-state index in [4.69, 9.17) is 9.47 Å². The van der Waals surface area contributed by atoms with Gasteiger partial charge in [-0.25, -0.2) is 0 Å². The Morgan fingerprint density at radius 1 is 1.32 bits per heavy atom. The summed E-state index contributed by atoms with van der Waals surface area (Å²) >= 11 is 0. The summed E-state index contributed by atoms with van der Waals surface area (Å²) in [5, 5.41) is 11.5. The lowest BCUT2D eigenvalue weighted by Crippen LogP contribution is -2.39. The van der Waals surface area contributed by atoms with E-state index in [1.54, 1.807) is 7.11 Å². The fourth-order valence-corrected chi connectivity index (χ4v) is 2.41. The molecule has 1 unspecified atom stereocenters. The van der Waals surface area contributed by atoms with Crippen molar-refractivity contribution in [1.82, 2.24) is 9.88 Å². The first-order valence-corrected chi connectivity index (χ1v) is 6.44. The minimum Gasteiger partial charge on any atom is -0.497 e. The average molecular weight is 262 g/mol. The fraction of sp³-hybridized carbons (Fsp3) is 0.429. The normalized spacial score (nSPS) is 18.6. The number of aliphatic hydroxyl groups excluding tert-OH is 1. The summed E-state index contributed by atoms with van der Waals surface area (Å²) in [4.78, 5) is 5.26. The van der Waals surface area contributed by atoms with Crippen molar-refractivity contribution in [1.29, 1.82) is 0 Å². The van der Waals surface area contributed by atoms with Crippen LogP contribution in [-0.4, -0.2) is 48.4 Å². The van der Waals surface area contributed by atoms with Gasteiger partial charge in [0.25, 0.3) is 0 Å². The smallest absolute Gasteiger partial charge is 0.148 e. The van der Waals surface area contributed by atoms with Gasteiger partial charge in [0.05, 0.1) is 26.0 Å². The molecule has 0 amide bonds. The summed E-state index contributed by atoms with van der Waals surface area (Å²) in [6, 6.07) is 7.82. The van der Waals surface area contributed by atoms with E-state index in [-0.39, 0.29) is 0 Å². The van der Waals surface area contributed by atoms with Crippen LogP contribution in [0.15, 0.2) is 24.3 Å². The van der Waals surface area contributed by atoms with Crippen LogP contribution in [0.3, 0.4) is 0 Å². The second-order valence-electron chi connectivity index (χ2n) is 4.70. The quantitative estimate of drug-likeness (QED) is 0.880. The van der Waals surface area contributed by atoms with Crippen molar-refractivity contribution in [3.63, 3.8) is 0 Å². The molecule has 1 aromatic carbocycles. The highest BCUT2D eigenvalue weighted by Gasteiger charge is 2.21. The molecule has 5 heteroatoms. The molecular formula is C14H18N2O3. The van der Waals surface area contributed by atoms with E-state index in [0.29, 0.717) is 13.2 Å². The highest BCUT2D eigenvalue weighted by atomic mass is 16.5. The summed E-state index contributed by atoms with van der Waals surface area (Å²) in [5.74, 6) is 0.807. The van der Waals surface area contributed by atoms with Crippen LogP contribution in [0.1, 0.15) is 11.9 Å². The average Bonchev–Trinajstić information content (AvgIpc) is 2.90. The molecule has 1 aliphatic rings. The van der Waals surface area contributed by atoms with Crippen molar-refractivity contribution in [3.8, 4) is 5.75 Å². The molecule has 0 spiro atoms. The summed E-state index contributed by atoms with van der Waals surface area (Å²) < 4.78 is 10.5. The van der Waals surface area contributed by atoms with E-state index in [1.165, 1.54) is 0 Å². The number of aromatic nitrogens is 1. The Balaban J connectivity index is 1.87. The SMILES string of the molecule is COc1ccc2cc(C(O)N3CCOCC3)[nH]c2c1. The van der Waals surface area contributed by atoms with Gasteiger partial charge in [-0.05, 0) is 18.2 Å². The number of benzene rings is 1. The van der Waals surface area contributed by atoms with Gasteiger partial charge in [-0.3, -0.25) is 4.90 Å². The predicted molar refractivity (Wildman–Crippen MR) is 72.2 cm³/mol. The van der Waals surface area contributed by atoms with Crippen molar-refractivity contribution in [3.05, 3.63) is 30.0 Å². The molecule has 2 heterocycles. The third kappa shape index (κ3) is 2.45. The van der Waals surface area contributed by atoms with Crippen LogP contribution in [0, 0.1) is 0 Å². The maximum atomic E-state index is 10.4. The molecule has 1 atom stereocenters. The second kappa shape index (κ2) is 5.21. The van der Waals surface area contributed by atoms with Crippen molar-refractivity contribution in [2.24, 2.45) is 0 Å². The Hall–Kier alpha value is -1.56. The molecular weight excluding hydrogens is 244 g/mol. The summed E-state index contributed by atoms with van der Waals surface area (Å²) in [6.45, 7) is 2.84. The van der Waals surface area contributed by atoms with E-state index in [1.807, 2.05) is 29.2 Å². The van der Waals surface area contributed by atoms with Crippen LogP contribution in [0.25, 0.3) is 10.9 Å². The Morgan fingerprint density at radius 3 is 2.84 bits per heavy atom. The minimum atomic E-state index is -0.609. The summed E-state index contributed by atoms with van der Waals surface area (Å²) in [5.41, 5.74) is 1.78. The van der Waals surface area contributed by atoms with Crippen molar-refractivity contribution in [2.45, 2.75) is 6.23 Å². The third-order valence-corrected chi connectivity index (χ3v) is 3.52. The van der Waals surface area contributed by atoms with E-state index in [0.717, 1.165) is 35.4 Å². The Morgan fingerprint density at radius 2 is 2.11 bits per heavy atom. The molecule has 0 bridgehead atoms. The first kappa shape index (κ1) is 12.5. The number of hydrogen-bond donors (Lipinski definition) is 2. The number of hydrogen-bond acceptors (Lipinski definition) is 4. The van der Waals surface area contributed by atoms with E-state index in [9.17, 15) is 5.11 Å². The number of aliphatic hydroxyl groups is 1. The number of fused-ring (bicyclic) bond motifs is 1. The highest BCUT2D eigenvalue weighted by molar-refractivity contribution is 5.81. The highest BCUT2D eigenvalue weighted by Crippen LogP contribution is 2.25. The van der Waals surface area contributed by atoms with E-state index >= 15 is 0 Å². The molecule has 0 aliphatic carbocycles. The van der Waals surface area contributed by atoms with Gasteiger partial charge in [0.1, 0.15) is 12.0 Å². The third-order valence-electron chi connectivity index (χ3n) is 3.52. The lowest BCUT2D eigenvalue weighted by Gasteiger charge is -2.30. The topological polar surface area (TPSA) is 57.7 Å². The van der Waals surface area contributed by atoms with E-state index in [2.05, 4.69) is 4.98 Å². The monoisotopic (exact) mass is 262 g/mol. The van der Waals surface area contributed by atoms with Crippen LogP contribution in [0.4, 0.5) is 0 Å². The standard InChI is InChI=1S/C14H18N2O3/c1-18-11-3-2-10-8-13(15-12(10)9-11)14(17)16-4-6-19-7-5-16/h2-3,8-9,14-15,17H,4-7H2,1H3. The van der Waals surface area contributed by atoms with Crippen molar-refractivity contribution >= 4 is 10.9 Å². The molecule has 1 aromatic heterocycles. The molecule has 1 saturated heterocycles. The zero-order chi connectivity index (χ0) is 13.2. The van der Waals surface area contributed by atoms with Gasteiger partial charge in [0.2, 0.25) is 0 Å². The maximum absolute atomic E-state index is 10.4. The van der Waals surface area contributed by atoms with Crippen molar-refractivity contribution < 1.29 is 14.6 Å². The van der Waals surface area contributed by atoms with Gasteiger partial charge in [-0.15, -0.1) is 0 Å². The molecule has 1 aliphatic heterocycles. The molecule has 2 aromatic rings. The lowest BCUT2D eigenvalue weighted by molar-refractivity contribution is -0.0619. The van der Waals surface area contributed by atoms with Gasteiger partial charge in [0, 0.05) is 30.1 Å². The zero-order valence-corrected chi connectivity index (χ0v) is 10.9. The number of rotatable bonds is 3. The zero-order valence-electron chi connectivity index (χ0n) is 10.9. The van der Waals surface area contributed by atoms with Gasteiger partial charge in [-0.2, -0.15) is 0 Å². The molecule has 0 radical (unpaired) electrons. The Bertz CT molecular complexity index is 561. The molecule has 3 rings (SSSR count). The molecule has 102 valence electrons. The van der Waals surface area contributed by atoms with Gasteiger partial charge in [-0.1, -0.05) is 0 Å². The number of morpholine rings is 1. The van der Waals surface area contributed by atoms with Crippen LogP contribution >= 0.6 is 0 Å². The van der Waals surface area contributed by atoms with Crippen LogP contribution < -0.4 is 4.74 Å². The molecule has 1 fully saturated rings. The van der Waals surface area contributed by atoms with Gasteiger partial charge < -0.3 is 19.6 Å². The lowest BCUT2D eigenvalue weighted by atomic mass is 10.2. The Labute approximate surface area is 111 Å². The predicted octanol–water partition coefficient (Wildman–Crippen LogP) is 1.50. The number of nitrogens with zero attached hydrogens (tertiary/aromatic N) is 1. The van der Waals surface area contributed by atoms with Gasteiger partial charge in [0.15, 0.2) is 0 Å². The number of ether oxygens (including phenoxy) is 2. The second-order valence-corrected chi connectivity index (χ2v) is 4.70.